The van der Waals surface area contributed by atoms with E-state index < -0.39 is 53.6 Å². The molecule has 0 saturated carbocycles. The van der Waals surface area contributed by atoms with Crippen LogP contribution >= 0.6 is 0 Å². The number of esters is 1. The summed E-state index contributed by atoms with van der Waals surface area (Å²) in [6.45, 7) is 2.65. The van der Waals surface area contributed by atoms with Crippen LogP contribution in [0.4, 0.5) is 22.0 Å². The summed E-state index contributed by atoms with van der Waals surface area (Å²) in [4.78, 5) is 12.1. The van der Waals surface area contributed by atoms with Gasteiger partial charge in [-0.15, -0.1) is 0 Å². The van der Waals surface area contributed by atoms with Gasteiger partial charge >= 0.3 is 12.1 Å². The van der Waals surface area contributed by atoms with Crippen LogP contribution in [-0.4, -0.2) is 38.1 Å². The lowest BCUT2D eigenvalue weighted by Crippen LogP contribution is -2.34. The number of hydrogen-bond acceptors (Lipinski definition) is 4. The molecule has 2 rings (SSSR count). The van der Waals surface area contributed by atoms with Crippen molar-refractivity contribution in [3.05, 3.63) is 29.3 Å². The van der Waals surface area contributed by atoms with Crippen molar-refractivity contribution in [3.8, 4) is 5.75 Å². The highest BCUT2D eigenvalue weighted by Gasteiger charge is 2.57. The van der Waals surface area contributed by atoms with E-state index in [2.05, 4.69) is 0 Å². The first-order valence-electron chi connectivity index (χ1n) is 7.54. The molecule has 0 spiro atoms. The number of rotatable bonds is 4. The van der Waals surface area contributed by atoms with Gasteiger partial charge in [-0.25, -0.2) is 9.18 Å². The second kappa shape index (κ2) is 7.15. The molecule has 25 heavy (non-hydrogen) atoms. The second-order valence-electron chi connectivity index (χ2n) is 5.64. The molecule has 4 atom stereocenters. The van der Waals surface area contributed by atoms with Crippen LogP contribution in [0.1, 0.15) is 25.3 Å². The highest BCUT2D eigenvalue weighted by molar-refractivity contribution is 5.77. The number of hydrogen-bond donors (Lipinski definition) is 0. The normalized spacial score (nSPS) is 26.6. The minimum absolute atomic E-state index is 0.0641. The molecule has 140 valence electrons. The van der Waals surface area contributed by atoms with Crippen LogP contribution in [0, 0.1) is 17.6 Å². The summed E-state index contributed by atoms with van der Waals surface area (Å²) in [5.41, 5.74) is -0.0845. The van der Waals surface area contributed by atoms with Crippen molar-refractivity contribution in [2.24, 2.45) is 5.92 Å². The van der Waals surface area contributed by atoms with E-state index in [-0.39, 0.29) is 12.2 Å². The molecule has 0 bridgehead atoms. The van der Waals surface area contributed by atoms with Gasteiger partial charge < -0.3 is 14.2 Å². The summed E-state index contributed by atoms with van der Waals surface area (Å²) >= 11 is 0. The Morgan fingerprint density at radius 2 is 1.92 bits per heavy atom. The van der Waals surface area contributed by atoms with Gasteiger partial charge in [0.25, 0.3) is 0 Å². The summed E-state index contributed by atoms with van der Waals surface area (Å²) < 4.78 is 81.5. The van der Waals surface area contributed by atoms with E-state index in [0.717, 1.165) is 19.2 Å². The monoisotopic (exact) mass is 368 g/mol. The molecule has 1 aromatic carbocycles. The van der Waals surface area contributed by atoms with Crippen molar-refractivity contribution in [1.82, 2.24) is 0 Å². The third-order valence-electron chi connectivity index (χ3n) is 4.15. The lowest BCUT2D eigenvalue weighted by molar-refractivity contribution is -0.224. The number of alkyl halides is 3. The molecule has 1 saturated heterocycles. The van der Waals surface area contributed by atoms with E-state index in [4.69, 9.17) is 14.2 Å². The topological polar surface area (TPSA) is 44.8 Å². The van der Waals surface area contributed by atoms with Crippen molar-refractivity contribution < 1.29 is 41.0 Å². The Labute approximate surface area is 140 Å². The lowest BCUT2D eigenvalue weighted by Gasteiger charge is -2.23. The van der Waals surface area contributed by atoms with E-state index in [1.165, 1.54) is 13.8 Å². The van der Waals surface area contributed by atoms with Gasteiger partial charge in [-0.2, -0.15) is 17.6 Å². The number of carbonyl (C=O) groups excluding carboxylic acids is 1. The fraction of sp³-hybridized carbons (Fsp3) is 0.562. The van der Waals surface area contributed by atoms with Gasteiger partial charge in [-0.1, -0.05) is 13.0 Å². The molecule has 9 heteroatoms. The third-order valence-corrected chi connectivity index (χ3v) is 4.15. The number of halogens is 5. The molecular formula is C16H17F5O4. The Kier molecular flexibility index (Phi) is 5.55. The average molecular weight is 368 g/mol. The number of benzene rings is 1. The summed E-state index contributed by atoms with van der Waals surface area (Å²) in [5, 5.41) is 0. The van der Waals surface area contributed by atoms with Gasteiger partial charge in [0.15, 0.2) is 23.8 Å². The molecule has 1 aromatic rings. The molecular weight excluding hydrogens is 351 g/mol. The van der Waals surface area contributed by atoms with Crippen LogP contribution in [0.2, 0.25) is 0 Å². The number of carbonyl (C=O) groups is 1. The van der Waals surface area contributed by atoms with Crippen molar-refractivity contribution in [1.29, 1.82) is 0 Å². The van der Waals surface area contributed by atoms with Gasteiger partial charge in [-0.05, 0) is 13.0 Å². The predicted octanol–water partition coefficient (Wildman–Crippen LogP) is 3.59. The van der Waals surface area contributed by atoms with Crippen molar-refractivity contribution >= 4 is 5.97 Å². The summed E-state index contributed by atoms with van der Waals surface area (Å²) in [5.74, 6) is -6.57. The molecule has 0 radical (unpaired) electrons. The molecule has 0 aliphatic carbocycles. The van der Waals surface area contributed by atoms with Crippen molar-refractivity contribution in [3.63, 3.8) is 0 Å². The smallest absolute Gasteiger partial charge is 0.414 e. The minimum Gasteiger partial charge on any atom is -0.493 e. The van der Waals surface area contributed by atoms with E-state index >= 15 is 0 Å². The molecule has 1 fully saturated rings. The Morgan fingerprint density at radius 3 is 2.44 bits per heavy atom. The summed E-state index contributed by atoms with van der Waals surface area (Å²) in [7, 11) is 1.06. The third kappa shape index (κ3) is 3.56. The first-order chi connectivity index (χ1) is 11.6. The average Bonchev–Trinajstić information content (AvgIpc) is 2.87. The fourth-order valence-electron chi connectivity index (χ4n) is 3.10. The van der Waals surface area contributed by atoms with E-state index in [1.807, 2.05) is 0 Å². The molecule has 0 N–H and O–H groups in total. The van der Waals surface area contributed by atoms with E-state index in [1.54, 1.807) is 0 Å². The van der Waals surface area contributed by atoms with Crippen LogP contribution in [0.15, 0.2) is 12.1 Å². The van der Waals surface area contributed by atoms with Crippen LogP contribution in [0.25, 0.3) is 0 Å². The van der Waals surface area contributed by atoms with Gasteiger partial charge in [0, 0.05) is 17.4 Å². The summed E-state index contributed by atoms with van der Waals surface area (Å²) in [6, 6.07) is 1.86. The maximum atomic E-state index is 14.0. The molecule has 0 aromatic heterocycles. The first-order valence-corrected chi connectivity index (χ1v) is 7.54. The highest BCUT2D eigenvalue weighted by Crippen LogP contribution is 2.48. The SMILES string of the molecule is CCOC(=O)C1OC(C(F)(F)F)C(C)C1c1ccc(F)c(F)c1OC. The Hall–Kier alpha value is -1.90. The zero-order chi connectivity index (χ0) is 18.9. The van der Waals surface area contributed by atoms with Crippen LogP contribution in [0.3, 0.4) is 0 Å². The lowest BCUT2D eigenvalue weighted by atomic mass is 9.82. The first kappa shape index (κ1) is 19.4. The number of methoxy groups -OCH3 is 1. The van der Waals surface area contributed by atoms with Gasteiger partial charge in [-0.3, -0.25) is 0 Å². The molecule has 0 amide bonds. The van der Waals surface area contributed by atoms with Crippen molar-refractivity contribution in [2.45, 2.75) is 38.1 Å². The van der Waals surface area contributed by atoms with Gasteiger partial charge in [0.05, 0.1) is 13.7 Å². The molecule has 4 unspecified atom stereocenters. The van der Waals surface area contributed by atoms with Crippen LogP contribution < -0.4 is 4.74 Å². The van der Waals surface area contributed by atoms with Crippen molar-refractivity contribution in [2.75, 3.05) is 13.7 Å². The van der Waals surface area contributed by atoms with E-state index in [0.29, 0.717) is 0 Å². The van der Waals surface area contributed by atoms with Gasteiger partial charge in [0.1, 0.15) is 0 Å². The van der Waals surface area contributed by atoms with Gasteiger partial charge in [0.2, 0.25) is 5.82 Å². The Morgan fingerprint density at radius 1 is 1.28 bits per heavy atom. The highest BCUT2D eigenvalue weighted by atomic mass is 19.4. The van der Waals surface area contributed by atoms with Crippen LogP contribution in [-0.2, 0) is 14.3 Å². The molecule has 1 aliphatic heterocycles. The van der Waals surface area contributed by atoms with Crippen LogP contribution in [0.5, 0.6) is 5.75 Å². The quantitative estimate of drug-likeness (QED) is 0.602. The minimum atomic E-state index is -4.73. The molecule has 4 nitrogen and oxygen atoms in total. The number of ether oxygens (including phenoxy) is 3. The maximum absolute atomic E-state index is 14.0. The zero-order valence-electron chi connectivity index (χ0n) is 13.7. The summed E-state index contributed by atoms with van der Waals surface area (Å²) in [6.07, 6.45) is -8.59. The maximum Gasteiger partial charge on any atom is 0.414 e. The molecule has 1 aliphatic rings. The Bertz CT molecular complexity index is 646. The predicted molar refractivity (Wildman–Crippen MR) is 76.2 cm³/mol. The van der Waals surface area contributed by atoms with E-state index in [9.17, 15) is 26.7 Å². The largest absolute Gasteiger partial charge is 0.493 e. The second-order valence-corrected chi connectivity index (χ2v) is 5.64. The fourth-order valence-corrected chi connectivity index (χ4v) is 3.10. The standard InChI is InChI=1S/C16H17F5O4/c1-4-24-15(22)13-10(7(2)14(25-13)16(19,20)21)8-5-6-9(17)11(18)12(8)23-3/h5-7,10,13-14H,4H2,1-3H3. The Balaban J connectivity index is 2.54. The zero-order valence-corrected chi connectivity index (χ0v) is 13.7. The molecule has 1 heterocycles.